The van der Waals surface area contributed by atoms with Crippen molar-refractivity contribution in [1.82, 2.24) is 20.5 Å². The number of amides is 2. The molecule has 2 aliphatic rings. The minimum Gasteiger partial charge on any atom is -0.349 e. The van der Waals surface area contributed by atoms with Crippen LogP contribution in [0.15, 0.2) is 42.6 Å². The van der Waals surface area contributed by atoms with Gasteiger partial charge in [0.2, 0.25) is 5.91 Å². The summed E-state index contributed by atoms with van der Waals surface area (Å²) in [7, 11) is 0. The van der Waals surface area contributed by atoms with E-state index < -0.39 is 0 Å². The van der Waals surface area contributed by atoms with E-state index in [1.54, 1.807) is 24.3 Å². The van der Waals surface area contributed by atoms with Crippen LogP contribution in [0.1, 0.15) is 36.0 Å². The molecule has 2 amide bonds. The van der Waals surface area contributed by atoms with Crippen molar-refractivity contribution in [2.75, 3.05) is 26.2 Å². The average molecular weight is 410 g/mol. The van der Waals surface area contributed by atoms with E-state index in [0.29, 0.717) is 23.2 Å². The Morgan fingerprint density at radius 1 is 1.13 bits per heavy atom. The van der Waals surface area contributed by atoms with Crippen molar-refractivity contribution in [1.29, 1.82) is 0 Å². The van der Waals surface area contributed by atoms with Crippen molar-refractivity contribution < 1.29 is 14.0 Å². The molecule has 1 aromatic heterocycles. The summed E-state index contributed by atoms with van der Waals surface area (Å²) < 4.78 is 13.4. The summed E-state index contributed by atoms with van der Waals surface area (Å²) in [5, 5.41) is 6.34. The number of rotatable bonds is 4. The first kappa shape index (κ1) is 20.5. The zero-order valence-electron chi connectivity index (χ0n) is 16.9. The van der Waals surface area contributed by atoms with Gasteiger partial charge in [-0.15, -0.1) is 0 Å². The average Bonchev–Trinajstić information content (AvgIpc) is 2.79. The van der Waals surface area contributed by atoms with Crippen LogP contribution in [-0.2, 0) is 4.79 Å². The maximum absolute atomic E-state index is 13.4. The number of halogens is 1. The van der Waals surface area contributed by atoms with Crippen molar-refractivity contribution in [3.63, 3.8) is 0 Å². The molecule has 0 radical (unpaired) electrons. The second kappa shape index (κ2) is 9.34. The number of benzene rings is 1. The summed E-state index contributed by atoms with van der Waals surface area (Å²) in [5.74, 6) is -0.306. The number of nitrogens with one attached hydrogen (secondary N) is 2. The van der Waals surface area contributed by atoms with Gasteiger partial charge in [-0.25, -0.2) is 4.39 Å². The maximum atomic E-state index is 13.4. The Morgan fingerprint density at radius 3 is 2.70 bits per heavy atom. The Bertz CT molecular complexity index is 896. The van der Waals surface area contributed by atoms with Crippen molar-refractivity contribution in [2.45, 2.75) is 31.7 Å². The van der Waals surface area contributed by atoms with Gasteiger partial charge in [0.1, 0.15) is 5.82 Å². The highest BCUT2D eigenvalue weighted by Gasteiger charge is 2.31. The van der Waals surface area contributed by atoms with Crippen LogP contribution in [0, 0.1) is 11.7 Å². The van der Waals surface area contributed by atoms with E-state index in [2.05, 4.69) is 15.6 Å². The SMILES string of the molecule is O=C(NC1CCCC(C(=O)N2CCNCC2)C1)c1ccc(-c2cccc(F)c2)nc1. The van der Waals surface area contributed by atoms with Crippen LogP contribution in [0.2, 0.25) is 0 Å². The fraction of sp³-hybridized carbons (Fsp3) is 0.435. The van der Waals surface area contributed by atoms with Crippen LogP contribution in [0.4, 0.5) is 4.39 Å². The fourth-order valence-corrected chi connectivity index (χ4v) is 4.30. The Balaban J connectivity index is 1.35. The molecule has 2 fully saturated rings. The Kier molecular flexibility index (Phi) is 6.38. The van der Waals surface area contributed by atoms with Gasteiger partial charge in [0.15, 0.2) is 0 Å². The number of hydrogen-bond donors (Lipinski definition) is 2. The summed E-state index contributed by atoms with van der Waals surface area (Å²) in [6, 6.07) is 9.63. The smallest absolute Gasteiger partial charge is 0.253 e. The molecule has 7 heteroatoms. The molecule has 2 N–H and O–H groups in total. The zero-order chi connectivity index (χ0) is 20.9. The summed E-state index contributed by atoms with van der Waals surface area (Å²) in [4.78, 5) is 31.7. The first-order valence-corrected chi connectivity index (χ1v) is 10.6. The molecular weight excluding hydrogens is 383 g/mol. The molecule has 30 heavy (non-hydrogen) atoms. The van der Waals surface area contributed by atoms with Crippen LogP contribution in [0.5, 0.6) is 0 Å². The lowest BCUT2D eigenvalue weighted by Gasteiger charge is -2.35. The van der Waals surface area contributed by atoms with E-state index in [4.69, 9.17) is 0 Å². The summed E-state index contributed by atoms with van der Waals surface area (Å²) in [6.45, 7) is 3.21. The first-order valence-electron chi connectivity index (χ1n) is 10.6. The van der Waals surface area contributed by atoms with Crippen LogP contribution in [-0.4, -0.2) is 53.9 Å². The number of aromatic nitrogens is 1. The van der Waals surface area contributed by atoms with Gasteiger partial charge in [-0.3, -0.25) is 14.6 Å². The summed E-state index contributed by atoms with van der Waals surface area (Å²) >= 11 is 0. The highest BCUT2D eigenvalue weighted by Crippen LogP contribution is 2.27. The lowest BCUT2D eigenvalue weighted by atomic mass is 9.84. The van der Waals surface area contributed by atoms with E-state index >= 15 is 0 Å². The second-order valence-electron chi connectivity index (χ2n) is 8.05. The Hall–Kier alpha value is -2.80. The molecule has 6 nitrogen and oxygen atoms in total. The Labute approximate surface area is 175 Å². The van der Waals surface area contributed by atoms with Gasteiger partial charge in [-0.2, -0.15) is 0 Å². The van der Waals surface area contributed by atoms with Crippen molar-refractivity contribution in [3.05, 3.63) is 54.0 Å². The van der Waals surface area contributed by atoms with Gasteiger partial charge in [-0.1, -0.05) is 18.6 Å². The van der Waals surface area contributed by atoms with Gasteiger partial charge in [0.25, 0.3) is 5.91 Å². The second-order valence-corrected chi connectivity index (χ2v) is 8.05. The monoisotopic (exact) mass is 410 g/mol. The maximum Gasteiger partial charge on any atom is 0.253 e. The molecule has 2 atom stereocenters. The molecule has 1 saturated heterocycles. The van der Waals surface area contributed by atoms with Crippen molar-refractivity contribution in [3.8, 4) is 11.3 Å². The molecule has 2 heterocycles. The molecule has 2 aromatic rings. The lowest BCUT2D eigenvalue weighted by Crippen LogP contribution is -2.50. The first-order chi connectivity index (χ1) is 14.6. The molecular formula is C23H27FN4O2. The fourth-order valence-electron chi connectivity index (χ4n) is 4.30. The summed E-state index contributed by atoms with van der Waals surface area (Å²) in [5.41, 5.74) is 1.75. The van der Waals surface area contributed by atoms with Gasteiger partial charge in [-0.05, 0) is 43.5 Å². The number of piperazine rings is 1. The normalized spacial score (nSPS) is 21.8. The number of carbonyl (C=O) groups is 2. The molecule has 0 bridgehead atoms. The number of pyridine rings is 1. The van der Waals surface area contributed by atoms with Crippen molar-refractivity contribution in [2.24, 2.45) is 5.92 Å². The van der Waals surface area contributed by atoms with E-state index in [9.17, 15) is 14.0 Å². The van der Waals surface area contributed by atoms with Crippen LogP contribution in [0.25, 0.3) is 11.3 Å². The largest absolute Gasteiger partial charge is 0.349 e. The molecule has 1 aliphatic carbocycles. The molecule has 0 spiro atoms. The minimum absolute atomic E-state index is 0.00832. The van der Waals surface area contributed by atoms with Crippen LogP contribution in [0.3, 0.4) is 0 Å². The predicted molar refractivity (Wildman–Crippen MR) is 112 cm³/mol. The standard InChI is InChI=1S/C23H27FN4O2/c24-19-5-1-3-16(13-19)21-8-7-18(15-26-21)22(29)27-20-6-2-4-17(14-20)23(30)28-11-9-25-10-12-28/h1,3,5,7-8,13,15,17,20,25H,2,4,6,9-12,14H2,(H,27,29). The predicted octanol–water partition coefficient (Wildman–Crippen LogP) is 2.61. The van der Waals surface area contributed by atoms with Crippen molar-refractivity contribution >= 4 is 11.8 Å². The van der Waals surface area contributed by atoms with Crippen LogP contribution >= 0.6 is 0 Å². The highest BCUT2D eigenvalue weighted by molar-refractivity contribution is 5.94. The molecule has 2 unspecified atom stereocenters. The quantitative estimate of drug-likeness (QED) is 0.813. The topological polar surface area (TPSA) is 74.3 Å². The van der Waals surface area contributed by atoms with Gasteiger partial charge in [0, 0.05) is 49.9 Å². The van der Waals surface area contributed by atoms with E-state index in [0.717, 1.165) is 45.4 Å². The third kappa shape index (κ3) is 4.84. The molecule has 158 valence electrons. The number of hydrogen-bond acceptors (Lipinski definition) is 4. The molecule has 4 rings (SSSR count). The third-order valence-electron chi connectivity index (χ3n) is 5.93. The van der Waals surface area contributed by atoms with E-state index in [1.165, 1.54) is 18.3 Å². The number of carbonyl (C=O) groups excluding carboxylic acids is 2. The molecule has 1 aromatic carbocycles. The molecule has 1 saturated carbocycles. The lowest BCUT2D eigenvalue weighted by molar-refractivity contribution is -0.137. The Morgan fingerprint density at radius 2 is 1.97 bits per heavy atom. The van der Waals surface area contributed by atoms with E-state index in [1.807, 2.05) is 4.90 Å². The number of nitrogens with zero attached hydrogens (tertiary/aromatic N) is 2. The van der Waals surface area contributed by atoms with E-state index in [-0.39, 0.29) is 29.6 Å². The minimum atomic E-state index is -0.321. The zero-order valence-corrected chi connectivity index (χ0v) is 16.9. The van der Waals surface area contributed by atoms with Gasteiger partial charge >= 0.3 is 0 Å². The highest BCUT2D eigenvalue weighted by atomic mass is 19.1. The summed E-state index contributed by atoms with van der Waals surface area (Å²) in [6.07, 6.45) is 4.90. The van der Waals surface area contributed by atoms with Crippen LogP contribution < -0.4 is 10.6 Å². The molecule has 1 aliphatic heterocycles. The van der Waals surface area contributed by atoms with Gasteiger partial charge in [0.05, 0.1) is 11.3 Å². The van der Waals surface area contributed by atoms with Gasteiger partial charge < -0.3 is 15.5 Å². The third-order valence-corrected chi connectivity index (χ3v) is 5.93.